The van der Waals surface area contributed by atoms with E-state index in [9.17, 15) is 4.39 Å². The number of ether oxygens (including phenoxy) is 1. The third-order valence-electron chi connectivity index (χ3n) is 6.58. The fourth-order valence-corrected chi connectivity index (χ4v) is 5.58. The second-order valence-corrected chi connectivity index (χ2v) is 10.5. The summed E-state index contributed by atoms with van der Waals surface area (Å²) in [5.74, 6) is 2.49. The standard InChI is InChI=1S/C31H23BrFN3O2S/c1-19-5-10-22(11-6-19)37-23-12-8-21(9-13-23)36-30(29(35-31(36)39)26-4-2-3-17-34-26)28-16-15-27(38-28)24-14-7-20(33)18-25(24)32/h2-18,29-30H,1H3,(H,35,39)/t29-,30-/m0/s1. The summed E-state index contributed by atoms with van der Waals surface area (Å²) in [6, 6.07) is 29.3. The van der Waals surface area contributed by atoms with Crippen LogP contribution in [0.3, 0.4) is 0 Å². The molecule has 1 saturated heterocycles. The molecule has 194 valence electrons. The third kappa shape index (κ3) is 5.17. The summed E-state index contributed by atoms with van der Waals surface area (Å²) < 4.78 is 26.7. The fourth-order valence-electron chi connectivity index (χ4n) is 4.68. The molecule has 1 aliphatic heterocycles. The molecule has 5 aromatic rings. The van der Waals surface area contributed by atoms with Crippen LogP contribution >= 0.6 is 28.1 Å². The van der Waals surface area contributed by atoms with Gasteiger partial charge in [0.1, 0.15) is 34.9 Å². The molecular formula is C31H23BrFN3O2S. The highest BCUT2D eigenvalue weighted by atomic mass is 79.9. The highest BCUT2D eigenvalue weighted by molar-refractivity contribution is 9.10. The van der Waals surface area contributed by atoms with E-state index in [0.29, 0.717) is 21.1 Å². The number of nitrogens with one attached hydrogen (secondary N) is 1. The molecule has 1 fully saturated rings. The molecule has 5 nitrogen and oxygen atoms in total. The van der Waals surface area contributed by atoms with E-state index in [-0.39, 0.29) is 17.9 Å². The molecule has 1 aliphatic rings. The maximum atomic E-state index is 13.7. The molecule has 1 N–H and O–H groups in total. The molecule has 8 heteroatoms. The molecule has 0 spiro atoms. The highest BCUT2D eigenvalue weighted by Gasteiger charge is 2.42. The second kappa shape index (κ2) is 10.6. The van der Waals surface area contributed by atoms with Gasteiger partial charge in [-0.15, -0.1) is 0 Å². The maximum absolute atomic E-state index is 13.7. The summed E-state index contributed by atoms with van der Waals surface area (Å²) in [5, 5.41) is 4.00. The van der Waals surface area contributed by atoms with Gasteiger partial charge in [-0.2, -0.15) is 0 Å². The fraction of sp³-hybridized carbons (Fsp3) is 0.0968. The first-order valence-corrected chi connectivity index (χ1v) is 13.6. The molecule has 6 rings (SSSR count). The number of pyridine rings is 1. The Balaban J connectivity index is 1.35. The number of hydrogen-bond acceptors (Lipinski definition) is 4. The molecule has 0 radical (unpaired) electrons. The molecule has 0 unspecified atom stereocenters. The molecule has 0 aliphatic carbocycles. The molecule has 39 heavy (non-hydrogen) atoms. The van der Waals surface area contributed by atoms with Gasteiger partial charge < -0.3 is 19.4 Å². The lowest BCUT2D eigenvalue weighted by Crippen LogP contribution is -2.29. The summed E-state index contributed by atoms with van der Waals surface area (Å²) in [7, 11) is 0. The van der Waals surface area contributed by atoms with E-state index in [1.54, 1.807) is 12.3 Å². The molecule has 0 saturated carbocycles. The average molecular weight is 601 g/mol. The normalized spacial score (nSPS) is 16.8. The number of halogens is 2. The van der Waals surface area contributed by atoms with Gasteiger partial charge in [0.05, 0.1) is 11.7 Å². The minimum Gasteiger partial charge on any atom is -0.459 e. The zero-order chi connectivity index (χ0) is 26.9. The molecule has 0 bridgehead atoms. The van der Waals surface area contributed by atoms with E-state index >= 15 is 0 Å². The summed E-state index contributed by atoms with van der Waals surface area (Å²) in [5.41, 5.74) is 3.66. The van der Waals surface area contributed by atoms with Gasteiger partial charge in [0, 0.05) is 21.9 Å². The van der Waals surface area contributed by atoms with Crippen molar-refractivity contribution in [2.75, 3.05) is 4.90 Å². The number of aromatic nitrogens is 1. The van der Waals surface area contributed by atoms with Crippen LogP contribution in [0.1, 0.15) is 29.1 Å². The second-order valence-electron chi connectivity index (χ2n) is 9.23. The summed E-state index contributed by atoms with van der Waals surface area (Å²) >= 11 is 9.28. The van der Waals surface area contributed by atoms with E-state index in [2.05, 4.69) is 26.2 Å². The number of hydrogen-bond donors (Lipinski definition) is 1. The van der Waals surface area contributed by atoms with Crippen LogP contribution in [0.25, 0.3) is 11.3 Å². The number of anilines is 1. The lowest BCUT2D eigenvalue weighted by molar-refractivity contribution is 0.439. The lowest BCUT2D eigenvalue weighted by atomic mass is 10.0. The minimum absolute atomic E-state index is 0.252. The van der Waals surface area contributed by atoms with Crippen LogP contribution in [-0.2, 0) is 0 Å². The van der Waals surface area contributed by atoms with Gasteiger partial charge in [0.2, 0.25) is 0 Å². The van der Waals surface area contributed by atoms with Gasteiger partial charge in [-0.1, -0.05) is 23.8 Å². The molecule has 2 aromatic heterocycles. The number of benzene rings is 3. The van der Waals surface area contributed by atoms with Crippen LogP contribution in [0, 0.1) is 12.7 Å². The Labute approximate surface area is 239 Å². The van der Waals surface area contributed by atoms with Crippen molar-refractivity contribution in [1.29, 1.82) is 0 Å². The predicted octanol–water partition coefficient (Wildman–Crippen LogP) is 8.52. The largest absolute Gasteiger partial charge is 0.459 e. The van der Waals surface area contributed by atoms with Gasteiger partial charge in [-0.05, 0) is 114 Å². The lowest BCUT2D eigenvalue weighted by Gasteiger charge is -2.26. The first kappa shape index (κ1) is 25.3. The van der Waals surface area contributed by atoms with E-state index in [0.717, 1.165) is 28.4 Å². The Hall–Kier alpha value is -4.01. The SMILES string of the molecule is Cc1ccc(Oc2ccc(N3C(=S)N[C@@H](c4ccccn4)[C@@H]3c3ccc(-c4ccc(F)cc4Br)o3)cc2)cc1. The topological polar surface area (TPSA) is 50.5 Å². The minimum atomic E-state index is -0.320. The zero-order valence-electron chi connectivity index (χ0n) is 20.8. The Morgan fingerprint density at radius 2 is 1.69 bits per heavy atom. The first-order valence-electron chi connectivity index (χ1n) is 12.4. The van der Waals surface area contributed by atoms with Crippen LogP contribution in [0.5, 0.6) is 11.5 Å². The van der Waals surface area contributed by atoms with E-state index in [1.165, 1.54) is 17.7 Å². The Morgan fingerprint density at radius 3 is 2.38 bits per heavy atom. The first-order chi connectivity index (χ1) is 19.0. The van der Waals surface area contributed by atoms with Crippen LogP contribution in [0.15, 0.2) is 112 Å². The number of aryl methyl sites for hydroxylation is 1. The quantitative estimate of drug-likeness (QED) is 0.197. The van der Waals surface area contributed by atoms with Crippen molar-refractivity contribution in [1.82, 2.24) is 10.3 Å². The predicted molar refractivity (Wildman–Crippen MR) is 157 cm³/mol. The molecular weight excluding hydrogens is 577 g/mol. The van der Waals surface area contributed by atoms with Crippen molar-refractivity contribution in [2.45, 2.75) is 19.0 Å². The highest BCUT2D eigenvalue weighted by Crippen LogP contribution is 2.44. The summed E-state index contributed by atoms with van der Waals surface area (Å²) in [6.45, 7) is 2.04. The van der Waals surface area contributed by atoms with Gasteiger partial charge in [-0.25, -0.2) is 4.39 Å². The number of thiocarbonyl (C=S) groups is 1. The summed E-state index contributed by atoms with van der Waals surface area (Å²) in [4.78, 5) is 6.63. The van der Waals surface area contributed by atoms with E-state index in [1.807, 2.05) is 90.7 Å². The molecule has 3 heterocycles. The van der Waals surface area contributed by atoms with Crippen molar-refractivity contribution >= 4 is 38.9 Å². The molecule has 0 amide bonds. The van der Waals surface area contributed by atoms with E-state index < -0.39 is 0 Å². The molecule has 3 aromatic carbocycles. The Kier molecular flexibility index (Phi) is 6.89. The average Bonchev–Trinajstić information content (AvgIpc) is 3.55. The molecule has 2 atom stereocenters. The Morgan fingerprint density at radius 1 is 0.949 bits per heavy atom. The van der Waals surface area contributed by atoms with Crippen molar-refractivity contribution in [3.05, 3.63) is 131 Å². The maximum Gasteiger partial charge on any atom is 0.174 e. The zero-order valence-corrected chi connectivity index (χ0v) is 23.2. The number of rotatable bonds is 6. The van der Waals surface area contributed by atoms with Crippen molar-refractivity contribution < 1.29 is 13.5 Å². The van der Waals surface area contributed by atoms with Crippen molar-refractivity contribution in [3.8, 4) is 22.8 Å². The van der Waals surface area contributed by atoms with Gasteiger partial charge in [-0.3, -0.25) is 4.98 Å². The third-order valence-corrected chi connectivity index (χ3v) is 7.56. The monoisotopic (exact) mass is 599 g/mol. The Bertz CT molecular complexity index is 1620. The van der Waals surface area contributed by atoms with E-state index in [4.69, 9.17) is 21.4 Å². The van der Waals surface area contributed by atoms with Crippen LogP contribution in [-0.4, -0.2) is 10.1 Å². The number of furan rings is 1. The van der Waals surface area contributed by atoms with Crippen LogP contribution in [0.4, 0.5) is 10.1 Å². The van der Waals surface area contributed by atoms with Crippen molar-refractivity contribution in [2.24, 2.45) is 0 Å². The van der Waals surface area contributed by atoms with Crippen molar-refractivity contribution in [3.63, 3.8) is 0 Å². The summed E-state index contributed by atoms with van der Waals surface area (Å²) in [6.07, 6.45) is 1.76. The van der Waals surface area contributed by atoms with Crippen LogP contribution in [0.2, 0.25) is 0 Å². The van der Waals surface area contributed by atoms with Gasteiger partial charge >= 0.3 is 0 Å². The van der Waals surface area contributed by atoms with Crippen LogP contribution < -0.4 is 15.0 Å². The van der Waals surface area contributed by atoms with Gasteiger partial charge in [0.15, 0.2) is 5.11 Å². The smallest absolute Gasteiger partial charge is 0.174 e. The number of nitrogens with zero attached hydrogens (tertiary/aromatic N) is 2. The van der Waals surface area contributed by atoms with Gasteiger partial charge in [0.25, 0.3) is 0 Å².